The van der Waals surface area contributed by atoms with Crippen molar-refractivity contribution in [1.82, 2.24) is 0 Å². The van der Waals surface area contributed by atoms with Crippen LogP contribution in [0.4, 0.5) is 4.39 Å². The van der Waals surface area contributed by atoms with Crippen LogP contribution in [0.5, 0.6) is 11.5 Å². The lowest BCUT2D eigenvalue weighted by atomic mass is 10.1. The second-order valence-electron chi connectivity index (χ2n) is 3.73. The Morgan fingerprint density at radius 1 is 1.17 bits per heavy atom. The average molecular weight is 309 g/mol. The van der Waals surface area contributed by atoms with E-state index < -0.39 is 5.82 Å². The SMILES string of the molecule is CC(=O)c1cc(Br)ccc1Oc1ccccc1F. The topological polar surface area (TPSA) is 26.3 Å². The van der Waals surface area contributed by atoms with Gasteiger partial charge in [0.25, 0.3) is 0 Å². The molecule has 2 aromatic rings. The molecule has 0 aliphatic heterocycles. The zero-order chi connectivity index (χ0) is 13.1. The molecule has 0 bridgehead atoms. The minimum Gasteiger partial charge on any atom is -0.454 e. The zero-order valence-corrected chi connectivity index (χ0v) is 11.2. The molecule has 4 heteroatoms. The minimum atomic E-state index is -0.463. The van der Waals surface area contributed by atoms with Gasteiger partial charge in [0, 0.05) is 4.47 Å². The molecule has 0 radical (unpaired) electrons. The molecule has 0 amide bonds. The Balaban J connectivity index is 2.41. The van der Waals surface area contributed by atoms with Crippen molar-refractivity contribution in [3.63, 3.8) is 0 Å². The van der Waals surface area contributed by atoms with Crippen LogP contribution in [0.15, 0.2) is 46.9 Å². The van der Waals surface area contributed by atoms with Crippen molar-refractivity contribution in [2.24, 2.45) is 0 Å². The summed E-state index contributed by atoms with van der Waals surface area (Å²) in [5, 5.41) is 0. The largest absolute Gasteiger partial charge is 0.454 e. The number of Topliss-reactive ketones (excluding diaryl/α,β-unsaturated/α-hetero) is 1. The van der Waals surface area contributed by atoms with Crippen molar-refractivity contribution in [1.29, 1.82) is 0 Å². The molecule has 0 spiro atoms. The van der Waals surface area contributed by atoms with Gasteiger partial charge in [-0.2, -0.15) is 0 Å². The number of carbonyl (C=O) groups is 1. The molecule has 0 fully saturated rings. The quantitative estimate of drug-likeness (QED) is 0.776. The van der Waals surface area contributed by atoms with Crippen molar-refractivity contribution in [3.05, 3.63) is 58.3 Å². The summed E-state index contributed by atoms with van der Waals surface area (Å²) >= 11 is 3.28. The highest BCUT2D eigenvalue weighted by atomic mass is 79.9. The molecule has 0 heterocycles. The molecule has 2 rings (SSSR count). The van der Waals surface area contributed by atoms with E-state index in [1.807, 2.05) is 0 Å². The maximum absolute atomic E-state index is 13.5. The van der Waals surface area contributed by atoms with E-state index in [0.29, 0.717) is 11.3 Å². The van der Waals surface area contributed by atoms with E-state index >= 15 is 0 Å². The van der Waals surface area contributed by atoms with Crippen LogP contribution < -0.4 is 4.74 Å². The van der Waals surface area contributed by atoms with Gasteiger partial charge in [-0.25, -0.2) is 4.39 Å². The fourth-order valence-corrected chi connectivity index (χ4v) is 1.87. The van der Waals surface area contributed by atoms with Crippen LogP contribution in [0.3, 0.4) is 0 Å². The predicted octanol–water partition coefficient (Wildman–Crippen LogP) is 4.58. The summed E-state index contributed by atoms with van der Waals surface area (Å²) in [5.41, 5.74) is 0.410. The number of hydrogen-bond donors (Lipinski definition) is 0. The molecule has 2 aromatic carbocycles. The van der Waals surface area contributed by atoms with Crippen molar-refractivity contribution in [2.45, 2.75) is 6.92 Å². The van der Waals surface area contributed by atoms with Crippen LogP contribution in [0.25, 0.3) is 0 Å². The molecule has 0 aliphatic carbocycles. The summed E-state index contributed by atoms with van der Waals surface area (Å²) in [7, 11) is 0. The number of benzene rings is 2. The van der Waals surface area contributed by atoms with Gasteiger partial charge >= 0.3 is 0 Å². The molecule has 2 nitrogen and oxygen atoms in total. The van der Waals surface area contributed by atoms with Crippen LogP contribution in [0.1, 0.15) is 17.3 Å². The molecule has 0 N–H and O–H groups in total. The fourth-order valence-electron chi connectivity index (χ4n) is 1.51. The summed E-state index contributed by atoms with van der Waals surface area (Å²) in [6, 6.07) is 11.1. The van der Waals surface area contributed by atoms with Gasteiger partial charge < -0.3 is 4.74 Å². The lowest BCUT2D eigenvalue weighted by Gasteiger charge is -2.10. The number of ketones is 1. The lowest BCUT2D eigenvalue weighted by molar-refractivity contribution is 0.101. The van der Waals surface area contributed by atoms with E-state index in [4.69, 9.17) is 4.74 Å². The monoisotopic (exact) mass is 308 g/mol. The van der Waals surface area contributed by atoms with Gasteiger partial charge in [-0.1, -0.05) is 28.1 Å². The van der Waals surface area contributed by atoms with Gasteiger partial charge in [-0.3, -0.25) is 4.79 Å². The van der Waals surface area contributed by atoms with Crippen molar-refractivity contribution in [2.75, 3.05) is 0 Å². The number of para-hydroxylation sites is 1. The van der Waals surface area contributed by atoms with E-state index in [1.165, 1.54) is 19.1 Å². The van der Waals surface area contributed by atoms with Crippen molar-refractivity contribution >= 4 is 21.7 Å². The van der Waals surface area contributed by atoms with E-state index in [1.54, 1.807) is 30.3 Å². The molecule has 0 unspecified atom stereocenters. The second kappa shape index (κ2) is 5.31. The van der Waals surface area contributed by atoms with Crippen LogP contribution in [0.2, 0.25) is 0 Å². The first kappa shape index (κ1) is 12.8. The van der Waals surface area contributed by atoms with Gasteiger partial charge in [0.1, 0.15) is 5.75 Å². The number of ether oxygens (including phenoxy) is 1. The number of carbonyl (C=O) groups excluding carboxylic acids is 1. The van der Waals surface area contributed by atoms with Crippen LogP contribution in [-0.2, 0) is 0 Å². The standard InChI is InChI=1S/C14H10BrFO2/c1-9(17)11-8-10(15)6-7-13(11)18-14-5-3-2-4-12(14)16/h2-8H,1H3. The van der Waals surface area contributed by atoms with Gasteiger partial charge in [-0.15, -0.1) is 0 Å². The Bertz CT molecular complexity index is 596. The highest BCUT2D eigenvalue weighted by Crippen LogP contribution is 2.29. The lowest BCUT2D eigenvalue weighted by Crippen LogP contribution is -1.98. The van der Waals surface area contributed by atoms with Gasteiger partial charge in [0.2, 0.25) is 0 Å². The smallest absolute Gasteiger partial charge is 0.165 e. The highest BCUT2D eigenvalue weighted by molar-refractivity contribution is 9.10. The molecule has 18 heavy (non-hydrogen) atoms. The molecule has 0 aliphatic rings. The van der Waals surface area contributed by atoms with E-state index in [-0.39, 0.29) is 11.5 Å². The number of hydrogen-bond acceptors (Lipinski definition) is 2. The third kappa shape index (κ3) is 2.76. The summed E-state index contributed by atoms with van der Waals surface area (Å²) in [6.45, 7) is 1.44. The first-order chi connectivity index (χ1) is 8.58. The predicted molar refractivity (Wildman–Crippen MR) is 70.6 cm³/mol. The zero-order valence-electron chi connectivity index (χ0n) is 9.61. The molecule has 0 aromatic heterocycles. The minimum absolute atomic E-state index is 0.0994. The Morgan fingerprint density at radius 3 is 2.56 bits per heavy atom. The maximum atomic E-state index is 13.5. The van der Waals surface area contributed by atoms with Gasteiger partial charge in [0.05, 0.1) is 5.56 Å². The molecule has 92 valence electrons. The normalized spacial score (nSPS) is 10.2. The number of rotatable bonds is 3. The Kier molecular flexibility index (Phi) is 3.77. The van der Waals surface area contributed by atoms with Gasteiger partial charge in [-0.05, 0) is 37.3 Å². The van der Waals surface area contributed by atoms with E-state index in [2.05, 4.69) is 15.9 Å². The molecule has 0 atom stereocenters. The molecule has 0 saturated carbocycles. The van der Waals surface area contributed by atoms with Crippen LogP contribution >= 0.6 is 15.9 Å². The van der Waals surface area contributed by atoms with Crippen LogP contribution in [-0.4, -0.2) is 5.78 Å². The molecule has 0 saturated heterocycles. The third-order valence-corrected chi connectivity index (χ3v) is 2.87. The van der Waals surface area contributed by atoms with E-state index in [9.17, 15) is 9.18 Å². The molecular weight excluding hydrogens is 299 g/mol. The first-order valence-electron chi connectivity index (χ1n) is 5.31. The summed E-state index contributed by atoms with van der Waals surface area (Å²) in [4.78, 5) is 11.5. The second-order valence-corrected chi connectivity index (χ2v) is 4.64. The Hall–Kier alpha value is -1.68. The third-order valence-electron chi connectivity index (χ3n) is 2.38. The molecular formula is C14H10BrFO2. The van der Waals surface area contributed by atoms with E-state index in [0.717, 1.165) is 4.47 Å². The first-order valence-corrected chi connectivity index (χ1v) is 6.10. The number of halogens is 2. The van der Waals surface area contributed by atoms with Crippen LogP contribution in [0, 0.1) is 5.82 Å². The average Bonchev–Trinajstić information content (AvgIpc) is 2.34. The summed E-state index contributed by atoms with van der Waals surface area (Å²) in [5.74, 6) is -0.157. The highest BCUT2D eigenvalue weighted by Gasteiger charge is 2.11. The Morgan fingerprint density at radius 2 is 1.89 bits per heavy atom. The van der Waals surface area contributed by atoms with Crippen molar-refractivity contribution in [3.8, 4) is 11.5 Å². The van der Waals surface area contributed by atoms with Crippen molar-refractivity contribution < 1.29 is 13.9 Å². The fraction of sp³-hybridized carbons (Fsp3) is 0.0714. The maximum Gasteiger partial charge on any atom is 0.165 e. The van der Waals surface area contributed by atoms with Gasteiger partial charge in [0.15, 0.2) is 17.3 Å². The summed E-state index contributed by atoms with van der Waals surface area (Å²) in [6.07, 6.45) is 0. The summed E-state index contributed by atoms with van der Waals surface area (Å²) < 4.78 is 19.7. The Labute approximate surface area is 113 Å².